The van der Waals surface area contributed by atoms with Gasteiger partial charge in [0, 0.05) is 31.0 Å². The summed E-state index contributed by atoms with van der Waals surface area (Å²) in [6.07, 6.45) is 1.40. The Hall–Kier alpha value is -3.26. The number of carbonyl (C=O) groups is 1. The molecule has 8 heteroatoms. The molecule has 160 valence electrons. The van der Waals surface area contributed by atoms with Gasteiger partial charge in [-0.15, -0.1) is 10.2 Å². The second kappa shape index (κ2) is 8.11. The zero-order valence-corrected chi connectivity index (χ0v) is 17.8. The van der Waals surface area contributed by atoms with Crippen LogP contribution in [0.1, 0.15) is 41.6 Å². The van der Waals surface area contributed by atoms with E-state index in [-0.39, 0.29) is 11.8 Å². The monoisotopic (exact) mass is 418 g/mol. The maximum absolute atomic E-state index is 12.6. The Labute approximate surface area is 181 Å². The summed E-state index contributed by atoms with van der Waals surface area (Å²) >= 11 is 0. The molecule has 5 rings (SSSR count). The van der Waals surface area contributed by atoms with Crippen molar-refractivity contribution >= 4 is 17.5 Å². The van der Waals surface area contributed by atoms with Crippen molar-refractivity contribution < 1.29 is 9.53 Å². The number of nitrogens with zero attached hydrogens (tertiary/aromatic N) is 5. The lowest BCUT2D eigenvalue weighted by atomic mass is 9.85. The molecule has 0 aliphatic carbocycles. The zero-order chi connectivity index (χ0) is 21.4. The van der Waals surface area contributed by atoms with Gasteiger partial charge >= 0.3 is 0 Å². The van der Waals surface area contributed by atoms with Crippen molar-refractivity contribution in [2.45, 2.75) is 32.6 Å². The van der Waals surface area contributed by atoms with Crippen LogP contribution in [0.5, 0.6) is 0 Å². The first-order chi connectivity index (χ1) is 15.1. The molecular weight excluding hydrogens is 392 g/mol. The summed E-state index contributed by atoms with van der Waals surface area (Å²) < 4.78 is 7.10. The standard InChI is InChI=1S/C23H26N6O2/c1-3-16-4-6-17(7-5-16)18-14-21(30)24-23-22(18)15(2)27-29(23)20-9-8-19(25-26-20)28-10-12-31-13-11-28/h4-9,18H,3,10-14H2,1-2H3,(H,24,30). The van der Waals surface area contributed by atoms with E-state index in [0.29, 0.717) is 31.3 Å². The number of hydrogen-bond donors (Lipinski definition) is 1. The smallest absolute Gasteiger partial charge is 0.226 e. The maximum Gasteiger partial charge on any atom is 0.226 e. The van der Waals surface area contributed by atoms with E-state index < -0.39 is 0 Å². The van der Waals surface area contributed by atoms with Gasteiger partial charge in [-0.3, -0.25) is 4.79 Å². The topological polar surface area (TPSA) is 85.2 Å². The van der Waals surface area contributed by atoms with Crippen LogP contribution in [0.4, 0.5) is 11.6 Å². The molecule has 2 aliphatic heterocycles. The molecule has 0 bridgehead atoms. The van der Waals surface area contributed by atoms with Gasteiger partial charge in [-0.1, -0.05) is 31.2 Å². The molecule has 4 heterocycles. The van der Waals surface area contributed by atoms with E-state index in [1.807, 2.05) is 19.1 Å². The highest BCUT2D eigenvalue weighted by atomic mass is 16.5. The summed E-state index contributed by atoms with van der Waals surface area (Å²) in [6, 6.07) is 12.4. The third-order valence-electron chi connectivity index (χ3n) is 6.08. The molecule has 0 saturated carbocycles. The highest BCUT2D eigenvalue weighted by molar-refractivity contribution is 5.95. The van der Waals surface area contributed by atoms with Crippen molar-refractivity contribution in [3.63, 3.8) is 0 Å². The van der Waals surface area contributed by atoms with Crippen LogP contribution < -0.4 is 10.2 Å². The molecule has 1 N–H and O–H groups in total. The quantitative estimate of drug-likeness (QED) is 0.701. The van der Waals surface area contributed by atoms with Crippen molar-refractivity contribution in [3.8, 4) is 5.82 Å². The van der Waals surface area contributed by atoms with Crippen molar-refractivity contribution in [2.75, 3.05) is 36.5 Å². The van der Waals surface area contributed by atoms with Gasteiger partial charge in [0.1, 0.15) is 5.82 Å². The van der Waals surface area contributed by atoms with Crippen molar-refractivity contribution in [1.82, 2.24) is 20.0 Å². The summed E-state index contributed by atoms with van der Waals surface area (Å²) in [5.74, 6) is 2.05. The lowest BCUT2D eigenvalue weighted by Crippen LogP contribution is -2.36. The normalized spacial score (nSPS) is 18.6. The molecule has 1 fully saturated rings. The number of fused-ring (bicyclic) bond motifs is 1. The summed E-state index contributed by atoms with van der Waals surface area (Å²) in [5.41, 5.74) is 4.35. The second-order valence-corrected chi connectivity index (χ2v) is 8.01. The highest BCUT2D eigenvalue weighted by Crippen LogP contribution is 2.40. The molecule has 2 aromatic heterocycles. The van der Waals surface area contributed by atoms with Crippen LogP contribution in [0, 0.1) is 6.92 Å². The number of rotatable bonds is 4. The first-order valence-electron chi connectivity index (χ1n) is 10.8. The minimum absolute atomic E-state index is 0.0175. The van der Waals surface area contributed by atoms with Gasteiger partial charge in [0.15, 0.2) is 11.6 Å². The van der Waals surface area contributed by atoms with E-state index in [2.05, 4.69) is 51.6 Å². The predicted octanol–water partition coefficient (Wildman–Crippen LogP) is 2.84. The molecule has 1 unspecified atom stereocenters. The second-order valence-electron chi connectivity index (χ2n) is 8.01. The van der Waals surface area contributed by atoms with Crippen LogP contribution in [0.2, 0.25) is 0 Å². The largest absolute Gasteiger partial charge is 0.378 e. The molecule has 3 aromatic rings. The summed E-state index contributed by atoms with van der Waals surface area (Å²) in [4.78, 5) is 14.7. The fourth-order valence-corrected chi connectivity index (χ4v) is 4.38. The first kappa shape index (κ1) is 19.7. The maximum atomic E-state index is 12.6. The van der Waals surface area contributed by atoms with Crippen LogP contribution in [-0.2, 0) is 16.0 Å². The van der Waals surface area contributed by atoms with E-state index in [1.54, 1.807) is 4.68 Å². The number of carbonyl (C=O) groups excluding carboxylic acids is 1. The minimum atomic E-state index is -0.0241. The summed E-state index contributed by atoms with van der Waals surface area (Å²) in [5, 5.41) is 16.5. The van der Waals surface area contributed by atoms with Crippen LogP contribution in [0.15, 0.2) is 36.4 Å². The Kier molecular flexibility index (Phi) is 5.15. The highest BCUT2D eigenvalue weighted by Gasteiger charge is 2.33. The van der Waals surface area contributed by atoms with Crippen LogP contribution >= 0.6 is 0 Å². The lowest BCUT2D eigenvalue weighted by Gasteiger charge is -2.27. The SMILES string of the molecule is CCc1ccc(C2CC(=O)Nc3c2c(C)nn3-c2ccc(N3CCOCC3)nn2)cc1. The first-order valence-corrected chi connectivity index (χ1v) is 10.8. The molecular formula is C23H26N6O2. The number of anilines is 2. The fraction of sp³-hybridized carbons (Fsp3) is 0.391. The Morgan fingerprint density at radius 2 is 1.77 bits per heavy atom. The van der Waals surface area contributed by atoms with Crippen molar-refractivity contribution in [1.29, 1.82) is 0 Å². The van der Waals surface area contributed by atoms with Gasteiger partial charge in [0.25, 0.3) is 0 Å². The van der Waals surface area contributed by atoms with Gasteiger partial charge in [-0.2, -0.15) is 9.78 Å². The van der Waals surface area contributed by atoms with E-state index in [9.17, 15) is 4.79 Å². The summed E-state index contributed by atoms with van der Waals surface area (Å²) in [6.45, 7) is 7.12. The number of benzene rings is 1. The fourth-order valence-electron chi connectivity index (χ4n) is 4.38. The minimum Gasteiger partial charge on any atom is -0.378 e. The van der Waals surface area contributed by atoms with E-state index in [1.165, 1.54) is 5.56 Å². The lowest BCUT2D eigenvalue weighted by molar-refractivity contribution is -0.116. The molecule has 0 spiro atoms. The number of nitrogens with one attached hydrogen (secondary N) is 1. The van der Waals surface area contributed by atoms with Crippen LogP contribution in [-0.4, -0.2) is 52.2 Å². The number of morpholine rings is 1. The van der Waals surface area contributed by atoms with Crippen molar-refractivity contribution in [3.05, 3.63) is 58.8 Å². The Morgan fingerprint density at radius 3 is 2.45 bits per heavy atom. The molecule has 31 heavy (non-hydrogen) atoms. The van der Waals surface area contributed by atoms with Gasteiger partial charge in [-0.05, 0) is 36.6 Å². The Morgan fingerprint density at radius 1 is 1.06 bits per heavy atom. The molecule has 1 saturated heterocycles. The number of amides is 1. The van der Waals surface area contributed by atoms with Gasteiger partial charge in [-0.25, -0.2) is 0 Å². The number of aryl methyl sites for hydroxylation is 2. The zero-order valence-electron chi connectivity index (χ0n) is 17.8. The Balaban J connectivity index is 1.50. The third kappa shape index (κ3) is 3.67. The van der Waals surface area contributed by atoms with Crippen molar-refractivity contribution in [2.24, 2.45) is 0 Å². The van der Waals surface area contributed by atoms with Gasteiger partial charge in [0.05, 0.1) is 18.9 Å². The average molecular weight is 419 g/mol. The molecule has 1 amide bonds. The predicted molar refractivity (Wildman–Crippen MR) is 118 cm³/mol. The Bertz CT molecular complexity index is 1080. The van der Waals surface area contributed by atoms with Crippen LogP contribution in [0.25, 0.3) is 5.82 Å². The molecule has 8 nitrogen and oxygen atoms in total. The number of ether oxygens (including phenoxy) is 1. The van der Waals surface area contributed by atoms with E-state index in [0.717, 1.165) is 42.1 Å². The molecule has 1 atom stereocenters. The third-order valence-corrected chi connectivity index (χ3v) is 6.08. The summed E-state index contributed by atoms with van der Waals surface area (Å²) in [7, 11) is 0. The van der Waals surface area contributed by atoms with Gasteiger partial charge < -0.3 is 15.0 Å². The van der Waals surface area contributed by atoms with E-state index in [4.69, 9.17) is 9.84 Å². The molecule has 2 aliphatic rings. The van der Waals surface area contributed by atoms with Crippen LogP contribution in [0.3, 0.4) is 0 Å². The molecule has 0 radical (unpaired) electrons. The number of aromatic nitrogens is 4. The van der Waals surface area contributed by atoms with Gasteiger partial charge in [0.2, 0.25) is 5.91 Å². The number of hydrogen-bond acceptors (Lipinski definition) is 6. The van der Waals surface area contributed by atoms with E-state index >= 15 is 0 Å². The molecule has 1 aromatic carbocycles. The average Bonchev–Trinajstić information content (AvgIpc) is 3.15.